The van der Waals surface area contributed by atoms with Crippen molar-refractivity contribution in [3.05, 3.63) is 40.3 Å². The van der Waals surface area contributed by atoms with Crippen LogP contribution in [0.1, 0.15) is 11.5 Å². The Bertz CT molecular complexity index is 740. The summed E-state index contributed by atoms with van der Waals surface area (Å²) < 4.78 is 4.85. The highest BCUT2D eigenvalue weighted by Crippen LogP contribution is 2.25. The monoisotopic (exact) mass is 338 g/mol. The second-order valence-electron chi connectivity index (χ2n) is 4.40. The van der Waals surface area contributed by atoms with Gasteiger partial charge in [0.25, 0.3) is 0 Å². The zero-order valence-electron chi connectivity index (χ0n) is 10.6. The first kappa shape index (κ1) is 12.7. The van der Waals surface area contributed by atoms with Crippen LogP contribution in [0.5, 0.6) is 0 Å². The molecule has 0 fully saturated rings. The topological polar surface area (TPSA) is 35.6 Å². The molecule has 0 unspecified atom stereocenters. The summed E-state index contributed by atoms with van der Waals surface area (Å²) in [4.78, 5) is 4.55. The highest BCUT2D eigenvalue weighted by atomic mass is 79.9. The number of benzene rings is 1. The Morgan fingerprint density at radius 3 is 2.74 bits per heavy atom. The third-order valence-electron chi connectivity index (χ3n) is 3.14. The molecular formula is C13H12BrClN4. The largest absolute Gasteiger partial charge is 0.278 e. The maximum Gasteiger partial charge on any atom is 0.160 e. The predicted molar refractivity (Wildman–Crippen MR) is 79.8 cm³/mol. The van der Waals surface area contributed by atoms with E-state index in [1.165, 1.54) is 0 Å². The number of halogens is 2. The summed E-state index contributed by atoms with van der Waals surface area (Å²) in [7, 11) is 1.92. The van der Waals surface area contributed by atoms with E-state index >= 15 is 0 Å². The van der Waals surface area contributed by atoms with E-state index in [-0.39, 0.29) is 0 Å². The average Bonchev–Trinajstić information content (AvgIpc) is 2.89. The number of hydrogen-bond acceptors (Lipinski definition) is 2. The molecule has 0 aliphatic rings. The zero-order chi connectivity index (χ0) is 13.6. The van der Waals surface area contributed by atoms with Crippen molar-refractivity contribution in [3.63, 3.8) is 0 Å². The van der Waals surface area contributed by atoms with Crippen LogP contribution in [0, 0.1) is 6.92 Å². The molecule has 2 aromatic heterocycles. The van der Waals surface area contributed by atoms with Gasteiger partial charge in [-0.05, 0) is 25.1 Å². The van der Waals surface area contributed by atoms with Crippen LogP contribution in [0.2, 0.25) is 0 Å². The molecule has 0 spiro atoms. The van der Waals surface area contributed by atoms with Crippen LogP contribution in [0.25, 0.3) is 16.9 Å². The molecule has 2 heterocycles. The van der Waals surface area contributed by atoms with Crippen molar-refractivity contribution in [2.75, 3.05) is 0 Å². The molecule has 0 bridgehead atoms. The smallest absolute Gasteiger partial charge is 0.160 e. The lowest BCUT2D eigenvalue weighted by atomic mass is 10.3. The Kier molecular flexibility index (Phi) is 3.11. The minimum absolute atomic E-state index is 0.349. The highest BCUT2D eigenvalue weighted by Gasteiger charge is 2.14. The van der Waals surface area contributed by atoms with Crippen molar-refractivity contribution in [1.82, 2.24) is 19.3 Å². The molecular weight excluding hydrogens is 328 g/mol. The van der Waals surface area contributed by atoms with Gasteiger partial charge in [0.2, 0.25) is 0 Å². The van der Waals surface area contributed by atoms with E-state index in [0.717, 1.165) is 32.8 Å². The number of nitrogens with zero attached hydrogens (tertiary/aromatic N) is 4. The second kappa shape index (κ2) is 4.65. The molecule has 19 heavy (non-hydrogen) atoms. The molecule has 0 aliphatic heterocycles. The van der Waals surface area contributed by atoms with Gasteiger partial charge < -0.3 is 0 Å². The fourth-order valence-corrected chi connectivity index (χ4v) is 2.62. The maximum absolute atomic E-state index is 6.01. The van der Waals surface area contributed by atoms with Gasteiger partial charge in [-0.25, -0.2) is 4.98 Å². The summed E-state index contributed by atoms with van der Waals surface area (Å²) in [6.45, 7) is 2.02. The van der Waals surface area contributed by atoms with Crippen molar-refractivity contribution in [3.8, 4) is 5.82 Å². The Balaban J connectivity index is 2.34. The molecule has 0 saturated carbocycles. The van der Waals surface area contributed by atoms with Crippen LogP contribution in [-0.2, 0) is 12.9 Å². The summed E-state index contributed by atoms with van der Waals surface area (Å²) >= 11 is 9.50. The van der Waals surface area contributed by atoms with Gasteiger partial charge in [0.1, 0.15) is 5.82 Å². The van der Waals surface area contributed by atoms with Crippen LogP contribution in [-0.4, -0.2) is 19.3 Å². The first-order chi connectivity index (χ1) is 9.10. The fraction of sp³-hybridized carbons (Fsp3) is 0.231. The number of aryl methyl sites for hydroxylation is 2. The molecule has 0 saturated heterocycles. The average molecular weight is 340 g/mol. The molecule has 0 aliphatic carbocycles. The van der Waals surface area contributed by atoms with E-state index in [1.54, 1.807) is 0 Å². The molecule has 3 rings (SSSR count). The number of alkyl halides is 1. The number of hydrogen-bond donors (Lipinski definition) is 0. The third kappa shape index (κ3) is 2.07. The summed E-state index contributed by atoms with van der Waals surface area (Å²) in [6, 6.07) is 8.00. The van der Waals surface area contributed by atoms with Gasteiger partial charge in [-0.2, -0.15) is 5.10 Å². The molecule has 6 heteroatoms. The summed E-state index contributed by atoms with van der Waals surface area (Å²) in [5, 5.41) is 4.51. The van der Waals surface area contributed by atoms with Crippen LogP contribution >= 0.6 is 27.5 Å². The van der Waals surface area contributed by atoms with E-state index in [1.807, 2.05) is 47.5 Å². The van der Waals surface area contributed by atoms with Crippen molar-refractivity contribution >= 4 is 38.6 Å². The van der Waals surface area contributed by atoms with Crippen molar-refractivity contribution < 1.29 is 0 Å². The minimum atomic E-state index is 0.349. The quantitative estimate of drug-likeness (QED) is 0.669. The van der Waals surface area contributed by atoms with Crippen molar-refractivity contribution in [1.29, 1.82) is 0 Å². The molecule has 1 aromatic carbocycles. The lowest BCUT2D eigenvalue weighted by Crippen LogP contribution is -2.01. The first-order valence-corrected chi connectivity index (χ1v) is 7.17. The van der Waals surface area contributed by atoms with Gasteiger partial charge >= 0.3 is 0 Å². The number of aromatic nitrogens is 4. The van der Waals surface area contributed by atoms with Crippen LogP contribution in [0.4, 0.5) is 0 Å². The van der Waals surface area contributed by atoms with E-state index in [2.05, 4.69) is 26.0 Å². The highest BCUT2D eigenvalue weighted by molar-refractivity contribution is 9.10. The van der Waals surface area contributed by atoms with Gasteiger partial charge in [-0.1, -0.05) is 15.9 Å². The Labute approximate surface area is 124 Å². The molecule has 3 aromatic rings. The molecule has 98 valence electrons. The number of fused-ring (bicyclic) bond motifs is 1. The van der Waals surface area contributed by atoms with Gasteiger partial charge in [0.15, 0.2) is 5.82 Å². The van der Waals surface area contributed by atoms with Crippen LogP contribution in [0.3, 0.4) is 0 Å². The number of imidazole rings is 1. The molecule has 0 radical (unpaired) electrons. The molecule has 0 amide bonds. The lowest BCUT2D eigenvalue weighted by Gasteiger charge is -2.03. The lowest BCUT2D eigenvalue weighted by molar-refractivity contribution is 0.726. The molecule has 0 N–H and O–H groups in total. The van der Waals surface area contributed by atoms with Gasteiger partial charge in [0, 0.05) is 23.3 Å². The Morgan fingerprint density at radius 2 is 2.11 bits per heavy atom. The Morgan fingerprint density at radius 1 is 1.32 bits per heavy atom. The fourth-order valence-electron chi connectivity index (χ4n) is 2.09. The van der Waals surface area contributed by atoms with E-state index in [4.69, 9.17) is 11.6 Å². The SMILES string of the molecule is Cc1cc(-n2c(CCl)nc3ccc(Br)cc32)nn1C. The standard InChI is InChI=1S/C13H12BrClN4/c1-8-5-12(17-18(8)2)19-11-6-9(14)3-4-10(11)16-13(19)7-15/h3-6H,7H2,1-2H3. The van der Waals surface area contributed by atoms with E-state index < -0.39 is 0 Å². The van der Waals surface area contributed by atoms with E-state index in [9.17, 15) is 0 Å². The van der Waals surface area contributed by atoms with Gasteiger partial charge in [-0.3, -0.25) is 9.25 Å². The predicted octanol–water partition coefficient (Wildman–Crippen LogP) is 3.57. The van der Waals surface area contributed by atoms with Crippen molar-refractivity contribution in [2.45, 2.75) is 12.8 Å². The van der Waals surface area contributed by atoms with Crippen LogP contribution < -0.4 is 0 Å². The normalized spacial score (nSPS) is 11.4. The number of rotatable bonds is 2. The molecule has 0 atom stereocenters. The van der Waals surface area contributed by atoms with Gasteiger partial charge in [0.05, 0.1) is 16.9 Å². The van der Waals surface area contributed by atoms with Gasteiger partial charge in [-0.15, -0.1) is 11.6 Å². The maximum atomic E-state index is 6.01. The summed E-state index contributed by atoms with van der Waals surface area (Å²) in [5.74, 6) is 1.99. The van der Waals surface area contributed by atoms with Crippen molar-refractivity contribution in [2.24, 2.45) is 7.05 Å². The third-order valence-corrected chi connectivity index (χ3v) is 3.87. The second-order valence-corrected chi connectivity index (χ2v) is 5.58. The van der Waals surface area contributed by atoms with Crippen LogP contribution in [0.15, 0.2) is 28.7 Å². The van der Waals surface area contributed by atoms with E-state index in [0.29, 0.717) is 5.88 Å². The summed E-state index contributed by atoms with van der Waals surface area (Å²) in [6.07, 6.45) is 0. The molecule has 4 nitrogen and oxygen atoms in total. The minimum Gasteiger partial charge on any atom is -0.278 e. The zero-order valence-corrected chi connectivity index (χ0v) is 12.9. The Hall–Kier alpha value is -1.33. The first-order valence-electron chi connectivity index (χ1n) is 5.84. The summed E-state index contributed by atoms with van der Waals surface area (Å²) in [5.41, 5.74) is 3.01.